The maximum atomic E-state index is 14.1. The zero-order valence-corrected chi connectivity index (χ0v) is 13.0. The fraction of sp³-hybridized carbons (Fsp3) is 0.111. The number of hydrogen-bond acceptors (Lipinski definition) is 1. The van der Waals surface area contributed by atoms with Crippen LogP contribution in [0.4, 0.5) is 4.39 Å². The molecule has 3 heteroatoms. The van der Waals surface area contributed by atoms with Gasteiger partial charge in [-0.05, 0) is 44.8 Å². The van der Waals surface area contributed by atoms with Gasteiger partial charge in [0.2, 0.25) is 0 Å². The van der Waals surface area contributed by atoms with Crippen LogP contribution in [-0.4, -0.2) is 0 Å². The summed E-state index contributed by atoms with van der Waals surface area (Å²) in [6.45, 7) is 0. The Morgan fingerprint density at radius 2 is 1.71 bits per heavy atom. The van der Waals surface area contributed by atoms with Gasteiger partial charge in [-0.25, -0.2) is 4.39 Å². The zero-order valence-electron chi connectivity index (χ0n) is 11.4. The van der Waals surface area contributed by atoms with Crippen molar-refractivity contribution in [2.24, 2.45) is 5.73 Å². The zero-order chi connectivity index (χ0) is 14.8. The van der Waals surface area contributed by atoms with Gasteiger partial charge in [-0.2, -0.15) is 0 Å². The van der Waals surface area contributed by atoms with Gasteiger partial charge in [0, 0.05) is 11.6 Å². The predicted octanol–water partition coefficient (Wildman–Crippen LogP) is 4.98. The van der Waals surface area contributed by atoms with Gasteiger partial charge in [-0.1, -0.05) is 54.6 Å². The van der Waals surface area contributed by atoms with E-state index in [4.69, 9.17) is 5.73 Å². The summed E-state index contributed by atoms with van der Waals surface area (Å²) in [5.74, 6) is -0.272. The van der Waals surface area contributed by atoms with Crippen LogP contribution in [0.2, 0.25) is 0 Å². The first kappa shape index (κ1) is 14.2. The van der Waals surface area contributed by atoms with E-state index in [-0.39, 0.29) is 11.9 Å². The van der Waals surface area contributed by atoms with E-state index in [0.717, 1.165) is 5.56 Å². The Bertz CT molecular complexity index is 785. The largest absolute Gasteiger partial charge is 0.324 e. The molecule has 1 unspecified atom stereocenters. The number of fused-ring (bicyclic) bond motifs is 1. The molecule has 0 bridgehead atoms. The molecule has 3 rings (SSSR count). The molecule has 3 aromatic rings. The summed E-state index contributed by atoms with van der Waals surface area (Å²) in [6, 6.07) is 19.3. The molecule has 0 aliphatic carbocycles. The van der Waals surface area contributed by atoms with Crippen LogP contribution in [0.25, 0.3) is 10.8 Å². The molecule has 106 valence electrons. The Morgan fingerprint density at radius 1 is 0.952 bits per heavy atom. The van der Waals surface area contributed by atoms with E-state index >= 15 is 0 Å². The van der Waals surface area contributed by atoms with E-state index in [1.165, 1.54) is 10.8 Å². The average molecular weight is 344 g/mol. The first-order chi connectivity index (χ1) is 10.1. The molecule has 0 aromatic heterocycles. The van der Waals surface area contributed by atoms with Crippen molar-refractivity contribution in [3.63, 3.8) is 0 Å². The molecular formula is C18H15BrFN. The fourth-order valence-electron chi connectivity index (χ4n) is 2.54. The van der Waals surface area contributed by atoms with Gasteiger partial charge in [0.25, 0.3) is 0 Å². The van der Waals surface area contributed by atoms with Crippen LogP contribution in [0, 0.1) is 5.82 Å². The lowest BCUT2D eigenvalue weighted by atomic mass is 9.97. The summed E-state index contributed by atoms with van der Waals surface area (Å²) in [5, 5.41) is 2.38. The summed E-state index contributed by atoms with van der Waals surface area (Å²) in [5.41, 5.74) is 7.83. The first-order valence-corrected chi connectivity index (χ1v) is 7.61. The number of rotatable bonds is 3. The van der Waals surface area contributed by atoms with Crippen LogP contribution in [-0.2, 0) is 6.42 Å². The molecule has 3 aromatic carbocycles. The van der Waals surface area contributed by atoms with E-state index in [1.54, 1.807) is 12.1 Å². The molecule has 0 aliphatic heterocycles. The third-order valence-electron chi connectivity index (χ3n) is 3.65. The first-order valence-electron chi connectivity index (χ1n) is 6.82. The topological polar surface area (TPSA) is 26.0 Å². The van der Waals surface area contributed by atoms with Gasteiger partial charge in [0.15, 0.2) is 0 Å². The summed E-state index contributed by atoms with van der Waals surface area (Å²) >= 11 is 3.20. The van der Waals surface area contributed by atoms with E-state index in [0.29, 0.717) is 16.5 Å². The van der Waals surface area contributed by atoms with E-state index in [9.17, 15) is 4.39 Å². The lowest BCUT2D eigenvalue weighted by molar-refractivity contribution is 0.575. The molecule has 21 heavy (non-hydrogen) atoms. The Labute approximate surface area is 131 Å². The van der Waals surface area contributed by atoms with Gasteiger partial charge in [-0.3, -0.25) is 0 Å². The highest BCUT2D eigenvalue weighted by Crippen LogP contribution is 2.25. The molecule has 0 radical (unpaired) electrons. The summed E-state index contributed by atoms with van der Waals surface area (Å²) in [4.78, 5) is 0. The fourth-order valence-corrected chi connectivity index (χ4v) is 2.92. The van der Waals surface area contributed by atoms with E-state index in [1.807, 2.05) is 18.2 Å². The maximum Gasteiger partial charge on any atom is 0.142 e. The molecule has 0 aliphatic rings. The quantitative estimate of drug-likeness (QED) is 0.712. The van der Waals surface area contributed by atoms with Crippen molar-refractivity contribution < 1.29 is 4.39 Å². The molecule has 0 amide bonds. The number of nitrogens with two attached hydrogens (primary N) is 1. The number of hydrogen-bond donors (Lipinski definition) is 1. The molecule has 0 saturated carbocycles. The van der Waals surface area contributed by atoms with Crippen LogP contribution in [0.15, 0.2) is 65.1 Å². The minimum absolute atomic E-state index is 0.272. The third kappa shape index (κ3) is 2.99. The lowest BCUT2D eigenvalue weighted by Crippen LogP contribution is -2.15. The van der Waals surface area contributed by atoms with Crippen molar-refractivity contribution in [1.82, 2.24) is 0 Å². The van der Waals surface area contributed by atoms with Gasteiger partial charge in [0.05, 0.1) is 4.47 Å². The molecular weight excluding hydrogens is 329 g/mol. The maximum absolute atomic E-state index is 14.1. The second kappa shape index (κ2) is 5.96. The van der Waals surface area contributed by atoms with Crippen molar-refractivity contribution in [3.8, 4) is 0 Å². The number of halogens is 2. The minimum atomic E-state index is -0.358. The monoisotopic (exact) mass is 343 g/mol. The van der Waals surface area contributed by atoms with Crippen LogP contribution >= 0.6 is 15.9 Å². The molecule has 0 saturated heterocycles. The van der Waals surface area contributed by atoms with Crippen LogP contribution in [0.3, 0.4) is 0 Å². The molecule has 1 nitrogen and oxygen atoms in total. The molecule has 0 spiro atoms. The molecule has 1 atom stereocenters. The summed E-state index contributed by atoms with van der Waals surface area (Å²) < 4.78 is 14.5. The average Bonchev–Trinajstić information content (AvgIpc) is 2.50. The van der Waals surface area contributed by atoms with Gasteiger partial charge >= 0.3 is 0 Å². The van der Waals surface area contributed by atoms with Gasteiger partial charge in [-0.15, -0.1) is 0 Å². The van der Waals surface area contributed by atoms with Crippen molar-refractivity contribution in [2.75, 3.05) is 0 Å². The summed E-state index contributed by atoms with van der Waals surface area (Å²) in [7, 11) is 0. The smallest absolute Gasteiger partial charge is 0.142 e. The van der Waals surface area contributed by atoms with E-state index in [2.05, 4.69) is 46.3 Å². The van der Waals surface area contributed by atoms with Gasteiger partial charge in [0.1, 0.15) is 5.82 Å². The van der Waals surface area contributed by atoms with Crippen LogP contribution < -0.4 is 5.73 Å². The Morgan fingerprint density at radius 3 is 2.52 bits per heavy atom. The second-order valence-corrected chi connectivity index (χ2v) is 5.99. The normalized spacial score (nSPS) is 12.5. The van der Waals surface area contributed by atoms with Crippen molar-refractivity contribution in [1.29, 1.82) is 0 Å². The van der Waals surface area contributed by atoms with E-state index < -0.39 is 0 Å². The van der Waals surface area contributed by atoms with Crippen LogP contribution in [0.5, 0.6) is 0 Å². The van der Waals surface area contributed by atoms with Crippen molar-refractivity contribution in [3.05, 3.63) is 82.1 Å². The minimum Gasteiger partial charge on any atom is -0.324 e. The van der Waals surface area contributed by atoms with Crippen molar-refractivity contribution in [2.45, 2.75) is 12.5 Å². The Kier molecular flexibility index (Phi) is 4.04. The Balaban J connectivity index is 1.89. The molecule has 2 N–H and O–H groups in total. The number of benzene rings is 3. The highest BCUT2D eigenvalue weighted by atomic mass is 79.9. The summed E-state index contributed by atoms with van der Waals surface area (Å²) in [6.07, 6.45) is 0.609. The lowest BCUT2D eigenvalue weighted by Gasteiger charge is -2.14. The van der Waals surface area contributed by atoms with Gasteiger partial charge < -0.3 is 5.73 Å². The standard InChI is InChI=1S/C18H15BrFN/c19-16-7-3-6-15(18(16)20)17(21)11-12-8-9-13-4-1-2-5-14(13)10-12/h1-10,17H,11,21H2. The molecule has 0 fully saturated rings. The SMILES string of the molecule is NC(Cc1ccc2ccccc2c1)c1cccc(Br)c1F. The third-order valence-corrected chi connectivity index (χ3v) is 4.26. The Hall–Kier alpha value is -1.71. The predicted molar refractivity (Wildman–Crippen MR) is 88.7 cm³/mol. The highest BCUT2D eigenvalue weighted by molar-refractivity contribution is 9.10. The molecule has 0 heterocycles. The van der Waals surface area contributed by atoms with Crippen LogP contribution in [0.1, 0.15) is 17.2 Å². The highest BCUT2D eigenvalue weighted by Gasteiger charge is 2.14. The van der Waals surface area contributed by atoms with Crippen molar-refractivity contribution >= 4 is 26.7 Å². The second-order valence-electron chi connectivity index (χ2n) is 5.14.